The van der Waals surface area contributed by atoms with Gasteiger partial charge >= 0.3 is 0 Å². The second-order valence-corrected chi connectivity index (χ2v) is 4.02. The van der Waals surface area contributed by atoms with Crippen LogP contribution in [0, 0.1) is 0 Å². The molecule has 21 heavy (non-hydrogen) atoms. The van der Waals surface area contributed by atoms with Gasteiger partial charge in [0.15, 0.2) is 0 Å². The topological polar surface area (TPSA) is 72.8 Å². The standard InChI is InChI=1S/C15H15N3O3/c1-20-12-6-7-14(21-2)13(9-12)15(19)18-17-10-11-5-3-4-8-16-11/h3-10H,1-2H3,(H,18,19). The maximum atomic E-state index is 12.1. The van der Waals surface area contributed by atoms with Crippen LogP contribution in [0.1, 0.15) is 16.1 Å². The molecule has 0 atom stereocenters. The molecule has 0 aliphatic rings. The van der Waals surface area contributed by atoms with Gasteiger partial charge in [0.2, 0.25) is 0 Å². The van der Waals surface area contributed by atoms with Crippen molar-refractivity contribution in [3.8, 4) is 11.5 Å². The molecule has 2 rings (SSSR count). The third kappa shape index (κ3) is 3.79. The molecule has 1 amide bonds. The van der Waals surface area contributed by atoms with Crippen molar-refractivity contribution in [1.29, 1.82) is 0 Å². The Bertz CT molecular complexity index is 642. The summed E-state index contributed by atoms with van der Waals surface area (Å²) in [5.41, 5.74) is 3.42. The lowest BCUT2D eigenvalue weighted by Gasteiger charge is -2.08. The number of nitrogens with zero attached hydrogens (tertiary/aromatic N) is 2. The van der Waals surface area contributed by atoms with Crippen molar-refractivity contribution in [2.45, 2.75) is 0 Å². The first-order chi connectivity index (χ1) is 10.2. The molecule has 0 bridgehead atoms. The van der Waals surface area contributed by atoms with Crippen molar-refractivity contribution >= 4 is 12.1 Å². The molecule has 0 saturated heterocycles. The summed E-state index contributed by atoms with van der Waals surface area (Å²) in [7, 11) is 3.03. The Morgan fingerprint density at radius 3 is 2.76 bits per heavy atom. The van der Waals surface area contributed by atoms with Crippen molar-refractivity contribution in [3.05, 3.63) is 53.9 Å². The Morgan fingerprint density at radius 2 is 2.10 bits per heavy atom. The summed E-state index contributed by atoms with van der Waals surface area (Å²) in [5.74, 6) is 0.619. The molecule has 108 valence electrons. The molecule has 0 spiro atoms. The lowest BCUT2D eigenvalue weighted by molar-refractivity contribution is 0.0951. The number of rotatable bonds is 5. The fraction of sp³-hybridized carbons (Fsp3) is 0.133. The van der Waals surface area contributed by atoms with Gasteiger partial charge in [-0.05, 0) is 30.3 Å². The Kier molecular flexibility index (Phi) is 4.87. The fourth-order valence-corrected chi connectivity index (χ4v) is 1.66. The Morgan fingerprint density at radius 1 is 1.24 bits per heavy atom. The lowest BCUT2D eigenvalue weighted by atomic mass is 10.2. The highest BCUT2D eigenvalue weighted by Crippen LogP contribution is 2.23. The van der Waals surface area contributed by atoms with E-state index in [1.807, 2.05) is 6.07 Å². The Labute approximate surface area is 122 Å². The zero-order chi connectivity index (χ0) is 15.1. The summed E-state index contributed by atoms with van der Waals surface area (Å²) in [6.07, 6.45) is 3.11. The third-order valence-corrected chi connectivity index (χ3v) is 2.70. The molecule has 1 aromatic carbocycles. The van der Waals surface area contributed by atoms with Crippen LogP contribution in [-0.2, 0) is 0 Å². The first-order valence-electron chi connectivity index (χ1n) is 6.21. The second-order valence-electron chi connectivity index (χ2n) is 4.02. The predicted octanol–water partition coefficient (Wildman–Crippen LogP) is 1.86. The van der Waals surface area contributed by atoms with Crippen LogP contribution in [0.15, 0.2) is 47.7 Å². The van der Waals surface area contributed by atoms with Crippen LogP contribution in [-0.4, -0.2) is 31.3 Å². The molecule has 1 heterocycles. The monoisotopic (exact) mass is 285 g/mol. The molecule has 0 aliphatic heterocycles. The highest BCUT2D eigenvalue weighted by atomic mass is 16.5. The van der Waals surface area contributed by atoms with Crippen LogP contribution in [0.3, 0.4) is 0 Å². The normalized spacial score (nSPS) is 10.4. The molecule has 0 aliphatic carbocycles. The average molecular weight is 285 g/mol. The summed E-state index contributed by atoms with van der Waals surface area (Å²) < 4.78 is 10.2. The van der Waals surface area contributed by atoms with E-state index < -0.39 is 5.91 Å². The SMILES string of the molecule is COc1ccc(OC)c(C(=O)NN=Cc2ccccn2)c1. The van der Waals surface area contributed by atoms with Crippen LogP contribution in [0.5, 0.6) is 11.5 Å². The molecule has 0 saturated carbocycles. The first-order valence-corrected chi connectivity index (χ1v) is 6.21. The zero-order valence-corrected chi connectivity index (χ0v) is 11.7. The van der Waals surface area contributed by atoms with Gasteiger partial charge in [-0.25, -0.2) is 5.43 Å². The van der Waals surface area contributed by atoms with Crippen LogP contribution >= 0.6 is 0 Å². The minimum absolute atomic E-state index is 0.343. The quantitative estimate of drug-likeness (QED) is 0.672. The zero-order valence-electron chi connectivity index (χ0n) is 11.7. The molecule has 6 heteroatoms. The van der Waals surface area contributed by atoms with E-state index in [9.17, 15) is 4.79 Å². The smallest absolute Gasteiger partial charge is 0.275 e. The van der Waals surface area contributed by atoms with Gasteiger partial charge in [-0.15, -0.1) is 0 Å². The number of methoxy groups -OCH3 is 2. The fourth-order valence-electron chi connectivity index (χ4n) is 1.66. The molecule has 0 unspecified atom stereocenters. The van der Waals surface area contributed by atoms with Crippen LogP contribution in [0.25, 0.3) is 0 Å². The number of aromatic nitrogens is 1. The Hall–Kier alpha value is -2.89. The van der Waals surface area contributed by atoms with E-state index in [1.54, 1.807) is 36.5 Å². The summed E-state index contributed by atoms with van der Waals surface area (Å²) in [5, 5.41) is 3.87. The molecule has 1 N–H and O–H groups in total. The van der Waals surface area contributed by atoms with Gasteiger partial charge in [-0.1, -0.05) is 6.07 Å². The average Bonchev–Trinajstić information content (AvgIpc) is 2.55. The van der Waals surface area contributed by atoms with E-state index >= 15 is 0 Å². The summed E-state index contributed by atoms with van der Waals surface area (Å²) in [6, 6.07) is 10.4. The maximum absolute atomic E-state index is 12.1. The van der Waals surface area contributed by atoms with Crippen molar-refractivity contribution in [3.63, 3.8) is 0 Å². The molecular weight excluding hydrogens is 270 g/mol. The predicted molar refractivity (Wildman–Crippen MR) is 78.8 cm³/mol. The third-order valence-electron chi connectivity index (χ3n) is 2.70. The van der Waals surface area contributed by atoms with Gasteiger partial charge < -0.3 is 9.47 Å². The summed E-state index contributed by atoms with van der Waals surface area (Å²) in [4.78, 5) is 16.2. The molecule has 0 fully saturated rings. The Balaban J connectivity index is 2.11. The molecular formula is C15H15N3O3. The van der Waals surface area contributed by atoms with Crippen molar-refractivity contribution in [1.82, 2.24) is 10.4 Å². The summed E-state index contributed by atoms with van der Waals surface area (Å²) in [6.45, 7) is 0. The highest BCUT2D eigenvalue weighted by molar-refractivity contribution is 5.97. The number of benzene rings is 1. The maximum Gasteiger partial charge on any atom is 0.275 e. The number of ether oxygens (including phenoxy) is 2. The van der Waals surface area contributed by atoms with Gasteiger partial charge in [0.05, 0.1) is 31.7 Å². The number of carbonyl (C=O) groups is 1. The summed E-state index contributed by atoms with van der Waals surface area (Å²) >= 11 is 0. The van der Waals surface area contributed by atoms with E-state index in [-0.39, 0.29) is 0 Å². The largest absolute Gasteiger partial charge is 0.497 e. The van der Waals surface area contributed by atoms with Crippen LogP contribution < -0.4 is 14.9 Å². The van der Waals surface area contributed by atoms with Crippen molar-refractivity contribution < 1.29 is 14.3 Å². The minimum atomic E-state index is -0.391. The van der Waals surface area contributed by atoms with Gasteiger partial charge in [-0.2, -0.15) is 5.10 Å². The van der Waals surface area contributed by atoms with E-state index in [0.717, 1.165) is 0 Å². The highest BCUT2D eigenvalue weighted by Gasteiger charge is 2.12. The number of carbonyl (C=O) groups excluding carboxylic acids is 1. The number of hydrogen-bond acceptors (Lipinski definition) is 5. The lowest BCUT2D eigenvalue weighted by Crippen LogP contribution is -2.18. The van der Waals surface area contributed by atoms with Gasteiger partial charge in [0.1, 0.15) is 11.5 Å². The molecule has 1 aromatic heterocycles. The molecule has 2 aromatic rings. The van der Waals surface area contributed by atoms with Crippen molar-refractivity contribution in [2.24, 2.45) is 5.10 Å². The van der Waals surface area contributed by atoms with Gasteiger partial charge in [-0.3, -0.25) is 9.78 Å². The van der Waals surface area contributed by atoms with Crippen LogP contribution in [0.4, 0.5) is 0 Å². The van der Waals surface area contributed by atoms with E-state index in [2.05, 4.69) is 15.5 Å². The van der Waals surface area contributed by atoms with Gasteiger partial charge in [0.25, 0.3) is 5.91 Å². The van der Waals surface area contributed by atoms with Crippen LogP contribution in [0.2, 0.25) is 0 Å². The number of pyridine rings is 1. The van der Waals surface area contributed by atoms with E-state index in [4.69, 9.17) is 9.47 Å². The second kappa shape index (κ2) is 7.04. The minimum Gasteiger partial charge on any atom is -0.497 e. The number of nitrogens with one attached hydrogen (secondary N) is 1. The van der Waals surface area contributed by atoms with Crippen molar-refractivity contribution in [2.75, 3.05) is 14.2 Å². The number of hydrazone groups is 1. The number of amides is 1. The number of hydrogen-bond donors (Lipinski definition) is 1. The van der Waals surface area contributed by atoms with Gasteiger partial charge in [0, 0.05) is 6.20 Å². The molecule has 0 radical (unpaired) electrons. The van der Waals surface area contributed by atoms with E-state index in [0.29, 0.717) is 22.8 Å². The first kappa shape index (κ1) is 14.5. The van der Waals surface area contributed by atoms with E-state index in [1.165, 1.54) is 20.4 Å². The molecule has 6 nitrogen and oxygen atoms in total.